The summed E-state index contributed by atoms with van der Waals surface area (Å²) in [5, 5.41) is 0. The molecule has 0 saturated carbocycles. The number of aromatic amines is 1. The number of ether oxygens (including phenoxy) is 1. The molecule has 1 aromatic heterocycles. The van der Waals surface area contributed by atoms with E-state index in [1.165, 1.54) is 5.56 Å². The van der Waals surface area contributed by atoms with Crippen LogP contribution in [0.25, 0.3) is 11.0 Å². The molecule has 2 aromatic carbocycles. The summed E-state index contributed by atoms with van der Waals surface area (Å²) in [7, 11) is 0. The van der Waals surface area contributed by atoms with Crippen molar-refractivity contribution < 1.29 is 4.74 Å². The molecular formula is C22H25N3O2. The van der Waals surface area contributed by atoms with Gasteiger partial charge in [0.25, 0.3) is 0 Å². The number of aromatic nitrogens is 2. The molecular weight excluding hydrogens is 338 g/mol. The van der Waals surface area contributed by atoms with Gasteiger partial charge in [0, 0.05) is 25.7 Å². The Bertz CT molecular complexity index is 998. The zero-order valence-electron chi connectivity index (χ0n) is 15.4. The summed E-state index contributed by atoms with van der Waals surface area (Å²) in [4.78, 5) is 17.9. The summed E-state index contributed by atoms with van der Waals surface area (Å²) < 4.78 is 8.17. The number of rotatable bonds is 3. The van der Waals surface area contributed by atoms with Crippen LogP contribution < -0.4 is 10.4 Å². The molecule has 1 N–H and O–H groups in total. The van der Waals surface area contributed by atoms with Gasteiger partial charge in [-0.1, -0.05) is 30.3 Å². The molecule has 0 aliphatic carbocycles. The van der Waals surface area contributed by atoms with Gasteiger partial charge in [0.15, 0.2) is 0 Å². The highest BCUT2D eigenvalue weighted by molar-refractivity contribution is 5.75. The van der Waals surface area contributed by atoms with E-state index in [1.54, 1.807) is 0 Å². The minimum Gasteiger partial charge on any atom is -0.489 e. The number of aryl methyl sites for hydroxylation is 1. The average Bonchev–Trinajstić information content (AvgIpc) is 3.04. The van der Waals surface area contributed by atoms with Crippen LogP contribution in [-0.4, -0.2) is 40.2 Å². The van der Waals surface area contributed by atoms with Gasteiger partial charge in [0.2, 0.25) is 0 Å². The fraction of sp³-hybridized carbons (Fsp3) is 0.409. The molecule has 1 saturated heterocycles. The second-order valence-electron chi connectivity index (χ2n) is 7.74. The first-order chi connectivity index (χ1) is 13.3. The molecule has 3 aromatic rings. The number of benzene rings is 2. The lowest BCUT2D eigenvalue weighted by Gasteiger charge is -2.36. The Morgan fingerprint density at radius 2 is 1.78 bits per heavy atom. The number of fused-ring (bicyclic) bond motifs is 2. The summed E-state index contributed by atoms with van der Waals surface area (Å²) >= 11 is 0. The molecule has 0 spiro atoms. The van der Waals surface area contributed by atoms with E-state index < -0.39 is 0 Å². The Kier molecular flexibility index (Phi) is 4.24. The van der Waals surface area contributed by atoms with Crippen LogP contribution in [-0.2, 0) is 6.42 Å². The SMILES string of the molecule is O=c1[nH]c2ccccc2n1C1CCN(C[C@H]2CCc3ccccc3O2)CC1. The number of para-hydroxylation sites is 3. The van der Waals surface area contributed by atoms with Crippen molar-refractivity contribution >= 4 is 11.0 Å². The number of nitrogens with zero attached hydrogens (tertiary/aromatic N) is 2. The van der Waals surface area contributed by atoms with Gasteiger partial charge < -0.3 is 9.72 Å². The van der Waals surface area contributed by atoms with Crippen molar-refractivity contribution in [2.45, 2.75) is 37.8 Å². The highest BCUT2D eigenvalue weighted by Gasteiger charge is 2.27. The van der Waals surface area contributed by atoms with Crippen LogP contribution in [0.4, 0.5) is 0 Å². The van der Waals surface area contributed by atoms with Crippen molar-refractivity contribution in [1.29, 1.82) is 0 Å². The third kappa shape index (κ3) is 3.16. The van der Waals surface area contributed by atoms with E-state index in [-0.39, 0.29) is 17.8 Å². The molecule has 2 aliphatic heterocycles. The first kappa shape index (κ1) is 16.6. The van der Waals surface area contributed by atoms with Gasteiger partial charge in [-0.2, -0.15) is 0 Å². The molecule has 0 radical (unpaired) electrons. The van der Waals surface area contributed by atoms with Gasteiger partial charge >= 0.3 is 5.69 Å². The van der Waals surface area contributed by atoms with Crippen molar-refractivity contribution in [2.24, 2.45) is 0 Å². The Morgan fingerprint density at radius 1 is 1.00 bits per heavy atom. The van der Waals surface area contributed by atoms with Gasteiger partial charge in [-0.05, 0) is 49.4 Å². The van der Waals surface area contributed by atoms with Gasteiger partial charge in [0.05, 0.1) is 11.0 Å². The number of hydrogen-bond donors (Lipinski definition) is 1. The van der Waals surface area contributed by atoms with Crippen LogP contribution in [0.1, 0.15) is 30.9 Å². The molecule has 5 nitrogen and oxygen atoms in total. The van der Waals surface area contributed by atoms with Crippen LogP contribution in [0, 0.1) is 0 Å². The molecule has 5 heteroatoms. The van der Waals surface area contributed by atoms with E-state index in [1.807, 2.05) is 34.9 Å². The summed E-state index contributed by atoms with van der Waals surface area (Å²) in [6.45, 7) is 3.00. The number of H-pyrrole nitrogens is 1. The molecule has 1 atom stereocenters. The van der Waals surface area contributed by atoms with E-state index in [4.69, 9.17) is 4.74 Å². The van der Waals surface area contributed by atoms with Gasteiger partial charge in [-0.3, -0.25) is 9.47 Å². The fourth-order valence-electron chi connectivity index (χ4n) is 4.59. The number of piperidine rings is 1. The van der Waals surface area contributed by atoms with Crippen molar-refractivity contribution in [1.82, 2.24) is 14.5 Å². The first-order valence-electron chi connectivity index (χ1n) is 9.94. The zero-order valence-corrected chi connectivity index (χ0v) is 15.4. The minimum atomic E-state index is 0.0156. The lowest BCUT2D eigenvalue weighted by atomic mass is 10.00. The van der Waals surface area contributed by atoms with E-state index in [9.17, 15) is 4.79 Å². The van der Waals surface area contributed by atoms with Crippen LogP contribution in [0.3, 0.4) is 0 Å². The van der Waals surface area contributed by atoms with Crippen LogP contribution in [0.2, 0.25) is 0 Å². The summed E-state index contributed by atoms with van der Waals surface area (Å²) in [6.07, 6.45) is 4.46. The second-order valence-corrected chi connectivity index (χ2v) is 7.74. The normalized spacial score (nSPS) is 21.1. The standard InChI is InChI=1S/C22H25N3O2/c26-22-23-19-6-2-3-7-20(19)25(22)17-11-13-24(14-12-17)15-18-10-9-16-5-1-4-8-21(16)27-18/h1-8,17-18H,9-15H2,(H,23,26)/t18-/m1/s1. The topological polar surface area (TPSA) is 50.3 Å². The summed E-state index contributed by atoms with van der Waals surface area (Å²) in [5.74, 6) is 1.05. The molecule has 3 heterocycles. The Morgan fingerprint density at radius 3 is 2.67 bits per heavy atom. The van der Waals surface area contributed by atoms with E-state index in [0.29, 0.717) is 0 Å². The number of hydrogen-bond acceptors (Lipinski definition) is 3. The molecule has 2 aliphatic rings. The molecule has 5 rings (SSSR count). The van der Waals surface area contributed by atoms with Crippen molar-refractivity contribution in [3.63, 3.8) is 0 Å². The molecule has 0 unspecified atom stereocenters. The fourth-order valence-corrected chi connectivity index (χ4v) is 4.59. The highest BCUT2D eigenvalue weighted by Crippen LogP contribution is 2.29. The Hall–Kier alpha value is -2.53. The number of nitrogens with one attached hydrogen (secondary N) is 1. The first-order valence-corrected chi connectivity index (χ1v) is 9.94. The maximum absolute atomic E-state index is 12.4. The van der Waals surface area contributed by atoms with E-state index in [0.717, 1.165) is 62.1 Å². The predicted molar refractivity (Wildman–Crippen MR) is 106 cm³/mol. The van der Waals surface area contributed by atoms with Crippen molar-refractivity contribution in [2.75, 3.05) is 19.6 Å². The summed E-state index contributed by atoms with van der Waals surface area (Å²) in [6, 6.07) is 16.6. The quantitative estimate of drug-likeness (QED) is 0.776. The van der Waals surface area contributed by atoms with E-state index >= 15 is 0 Å². The zero-order chi connectivity index (χ0) is 18.2. The van der Waals surface area contributed by atoms with E-state index in [2.05, 4.69) is 28.1 Å². The van der Waals surface area contributed by atoms with Gasteiger partial charge in [0.1, 0.15) is 11.9 Å². The monoisotopic (exact) mass is 363 g/mol. The molecule has 1 fully saturated rings. The molecule has 140 valence electrons. The molecule has 0 bridgehead atoms. The van der Waals surface area contributed by atoms with Crippen LogP contribution in [0.15, 0.2) is 53.3 Å². The third-order valence-electron chi connectivity index (χ3n) is 6.01. The van der Waals surface area contributed by atoms with Gasteiger partial charge in [-0.15, -0.1) is 0 Å². The van der Waals surface area contributed by atoms with Crippen LogP contribution in [0.5, 0.6) is 5.75 Å². The molecule has 27 heavy (non-hydrogen) atoms. The lowest BCUT2D eigenvalue weighted by molar-refractivity contribution is 0.0926. The highest BCUT2D eigenvalue weighted by atomic mass is 16.5. The maximum Gasteiger partial charge on any atom is 0.326 e. The number of likely N-dealkylation sites (tertiary alicyclic amines) is 1. The van der Waals surface area contributed by atoms with Crippen molar-refractivity contribution in [3.8, 4) is 5.75 Å². The Labute approximate surface area is 158 Å². The lowest BCUT2D eigenvalue weighted by Crippen LogP contribution is -2.43. The van der Waals surface area contributed by atoms with Gasteiger partial charge in [-0.25, -0.2) is 4.79 Å². The summed E-state index contributed by atoms with van der Waals surface area (Å²) in [5.41, 5.74) is 3.29. The smallest absolute Gasteiger partial charge is 0.326 e. The Balaban J connectivity index is 1.23. The average molecular weight is 363 g/mol. The maximum atomic E-state index is 12.4. The molecule has 0 amide bonds. The minimum absolute atomic E-state index is 0.0156. The second kappa shape index (κ2) is 6.89. The van der Waals surface area contributed by atoms with Crippen LogP contribution >= 0.6 is 0 Å². The number of imidazole rings is 1. The van der Waals surface area contributed by atoms with Crippen molar-refractivity contribution in [3.05, 3.63) is 64.6 Å². The predicted octanol–water partition coefficient (Wildman–Crippen LogP) is 3.36. The third-order valence-corrected chi connectivity index (χ3v) is 6.01. The largest absolute Gasteiger partial charge is 0.489 e.